The van der Waals surface area contributed by atoms with Gasteiger partial charge in [0.15, 0.2) is 0 Å². The van der Waals surface area contributed by atoms with Gasteiger partial charge in [-0.3, -0.25) is 4.79 Å². The average Bonchev–Trinajstić information content (AvgIpc) is 2.89. The molecule has 0 radical (unpaired) electrons. The predicted octanol–water partition coefficient (Wildman–Crippen LogP) is 1.68. The first-order chi connectivity index (χ1) is 8.68. The number of carboxylic acids is 1. The molecule has 1 aliphatic rings. The summed E-state index contributed by atoms with van der Waals surface area (Å²) in [6, 6.07) is 1.17. The lowest BCUT2D eigenvalue weighted by atomic mass is 10.0. The van der Waals surface area contributed by atoms with Crippen LogP contribution in [-0.2, 0) is 16.0 Å². The summed E-state index contributed by atoms with van der Waals surface area (Å²) in [4.78, 5) is 24.6. The number of carbonyl (C=O) groups excluding carboxylic acids is 1. The molecule has 0 aliphatic carbocycles. The van der Waals surface area contributed by atoms with Crippen LogP contribution in [0.1, 0.15) is 31.2 Å². The first-order valence-electron chi connectivity index (χ1n) is 6.22. The highest BCUT2D eigenvalue weighted by Crippen LogP contribution is 2.19. The molecule has 0 spiro atoms. The monoisotopic (exact) mass is 251 g/mol. The second-order valence-electron chi connectivity index (χ2n) is 4.57. The largest absolute Gasteiger partial charge is 0.480 e. The number of nitrogens with zero attached hydrogens (tertiary/aromatic N) is 1. The fourth-order valence-corrected chi connectivity index (χ4v) is 2.32. The van der Waals surface area contributed by atoms with Gasteiger partial charge in [0.2, 0.25) is 5.91 Å². The quantitative estimate of drug-likeness (QED) is 0.883. The van der Waals surface area contributed by atoms with Crippen LogP contribution in [0.2, 0.25) is 0 Å². The van der Waals surface area contributed by atoms with Gasteiger partial charge in [0, 0.05) is 13.0 Å². The maximum Gasteiger partial charge on any atom is 0.326 e. The number of aryl methyl sites for hydroxylation is 1. The van der Waals surface area contributed by atoms with E-state index in [1.54, 1.807) is 12.5 Å². The number of furan rings is 1. The van der Waals surface area contributed by atoms with Crippen LogP contribution >= 0.6 is 0 Å². The molecule has 1 N–H and O–H groups in total. The van der Waals surface area contributed by atoms with E-state index >= 15 is 0 Å². The molecule has 1 aliphatic heterocycles. The van der Waals surface area contributed by atoms with Crippen molar-refractivity contribution in [3.63, 3.8) is 0 Å². The molecule has 98 valence electrons. The Bertz CT molecular complexity index is 413. The lowest BCUT2D eigenvalue weighted by Crippen LogP contribution is -2.48. The van der Waals surface area contributed by atoms with Crippen molar-refractivity contribution in [2.24, 2.45) is 0 Å². The van der Waals surface area contributed by atoms with Crippen LogP contribution in [0.15, 0.2) is 23.0 Å². The Morgan fingerprint density at radius 1 is 1.44 bits per heavy atom. The highest BCUT2D eigenvalue weighted by atomic mass is 16.4. The molecule has 2 heterocycles. The summed E-state index contributed by atoms with van der Waals surface area (Å²) in [7, 11) is 0. The van der Waals surface area contributed by atoms with Gasteiger partial charge in [0.1, 0.15) is 6.04 Å². The van der Waals surface area contributed by atoms with Crippen molar-refractivity contribution >= 4 is 11.9 Å². The number of carbonyl (C=O) groups is 2. The summed E-state index contributed by atoms with van der Waals surface area (Å²) >= 11 is 0. The summed E-state index contributed by atoms with van der Waals surface area (Å²) in [5.74, 6) is -0.977. The van der Waals surface area contributed by atoms with Crippen LogP contribution < -0.4 is 0 Å². The molecule has 1 saturated heterocycles. The summed E-state index contributed by atoms with van der Waals surface area (Å²) in [5, 5.41) is 9.10. The van der Waals surface area contributed by atoms with Gasteiger partial charge in [-0.15, -0.1) is 0 Å². The van der Waals surface area contributed by atoms with Crippen molar-refractivity contribution in [1.82, 2.24) is 4.90 Å². The third-order valence-corrected chi connectivity index (χ3v) is 3.32. The SMILES string of the molecule is O=C(O)[C@H]1CCCCN1C(=O)CCc1ccoc1. The summed E-state index contributed by atoms with van der Waals surface area (Å²) in [6.45, 7) is 0.557. The van der Waals surface area contributed by atoms with E-state index in [1.165, 1.54) is 4.90 Å². The zero-order valence-corrected chi connectivity index (χ0v) is 10.2. The maximum atomic E-state index is 12.0. The van der Waals surface area contributed by atoms with Crippen LogP contribution in [0, 0.1) is 0 Å². The molecule has 1 aromatic rings. The molecule has 1 fully saturated rings. The van der Waals surface area contributed by atoms with Crippen LogP contribution in [0.25, 0.3) is 0 Å². The fourth-order valence-electron chi connectivity index (χ4n) is 2.32. The minimum Gasteiger partial charge on any atom is -0.480 e. The number of hydrogen-bond acceptors (Lipinski definition) is 3. The normalized spacial score (nSPS) is 19.8. The van der Waals surface area contributed by atoms with Crippen LogP contribution in [0.4, 0.5) is 0 Å². The van der Waals surface area contributed by atoms with Crippen LogP contribution in [0.5, 0.6) is 0 Å². The summed E-state index contributed by atoms with van der Waals surface area (Å²) in [5.41, 5.74) is 0.965. The third kappa shape index (κ3) is 2.91. The van der Waals surface area contributed by atoms with Gasteiger partial charge in [-0.2, -0.15) is 0 Å². The molecule has 2 rings (SSSR count). The fraction of sp³-hybridized carbons (Fsp3) is 0.538. The van der Waals surface area contributed by atoms with Crippen molar-refractivity contribution < 1.29 is 19.1 Å². The van der Waals surface area contributed by atoms with E-state index in [0.717, 1.165) is 18.4 Å². The summed E-state index contributed by atoms with van der Waals surface area (Å²) in [6.07, 6.45) is 6.44. The van der Waals surface area contributed by atoms with Crippen molar-refractivity contribution in [3.8, 4) is 0 Å². The minimum atomic E-state index is -0.897. The Labute approximate surface area is 105 Å². The maximum absolute atomic E-state index is 12.0. The van der Waals surface area contributed by atoms with E-state index in [0.29, 0.717) is 25.8 Å². The van der Waals surface area contributed by atoms with Gasteiger partial charge in [-0.25, -0.2) is 4.79 Å². The standard InChI is InChI=1S/C13H17NO4/c15-12(5-4-10-6-8-18-9-10)14-7-2-1-3-11(14)13(16)17/h6,8-9,11H,1-5,7H2,(H,16,17)/t11-/m1/s1. The molecule has 5 nitrogen and oxygen atoms in total. The lowest BCUT2D eigenvalue weighted by molar-refractivity contribution is -0.152. The van der Waals surface area contributed by atoms with E-state index in [2.05, 4.69) is 0 Å². The number of amides is 1. The lowest BCUT2D eigenvalue weighted by Gasteiger charge is -2.33. The van der Waals surface area contributed by atoms with E-state index < -0.39 is 12.0 Å². The Hall–Kier alpha value is -1.78. The number of piperidine rings is 1. The average molecular weight is 251 g/mol. The molecular formula is C13H17NO4. The van der Waals surface area contributed by atoms with E-state index in [4.69, 9.17) is 9.52 Å². The van der Waals surface area contributed by atoms with E-state index in [9.17, 15) is 9.59 Å². The van der Waals surface area contributed by atoms with Crippen molar-refractivity contribution in [2.45, 2.75) is 38.1 Å². The molecule has 1 atom stereocenters. The molecule has 0 bridgehead atoms. The zero-order chi connectivity index (χ0) is 13.0. The topological polar surface area (TPSA) is 70.8 Å². The minimum absolute atomic E-state index is 0.0803. The smallest absolute Gasteiger partial charge is 0.326 e. The number of hydrogen-bond donors (Lipinski definition) is 1. The van der Waals surface area contributed by atoms with Gasteiger partial charge in [-0.1, -0.05) is 0 Å². The molecular weight excluding hydrogens is 234 g/mol. The second kappa shape index (κ2) is 5.71. The van der Waals surface area contributed by atoms with Crippen molar-refractivity contribution in [2.75, 3.05) is 6.54 Å². The Morgan fingerprint density at radius 2 is 2.28 bits per heavy atom. The number of likely N-dealkylation sites (tertiary alicyclic amines) is 1. The summed E-state index contributed by atoms with van der Waals surface area (Å²) < 4.78 is 4.93. The first kappa shape index (κ1) is 12.7. The predicted molar refractivity (Wildman–Crippen MR) is 64.0 cm³/mol. The highest BCUT2D eigenvalue weighted by molar-refractivity contribution is 5.84. The van der Waals surface area contributed by atoms with E-state index in [1.807, 2.05) is 6.07 Å². The molecule has 0 unspecified atom stereocenters. The molecule has 0 aromatic carbocycles. The molecule has 5 heteroatoms. The Morgan fingerprint density at radius 3 is 2.94 bits per heavy atom. The highest BCUT2D eigenvalue weighted by Gasteiger charge is 2.31. The Kier molecular flexibility index (Phi) is 4.02. The first-order valence-corrected chi connectivity index (χ1v) is 6.22. The second-order valence-corrected chi connectivity index (χ2v) is 4.57. The number of rotatable bonds is 4. The third-order valence-electron chi connectivity index (χ3n) is 3.32. The molecule has 18 heavy (non-hydrogen) atoms. The van der Waals surface area contributed by atoms with Crippen LogP contribution in [-0.4, -0.2) is 34.5 Å². The van der Waals surface area contributed by atoms with E-state index in [-0.39, 0.29) is 5.91 Å². The Balaban J connectivity index is 1.92. The van der Waals surface area contributed by atoms with Crippen molar-refractivity contribution in [1.29, 1.82) is 0 Å². The van der Waals surface area contributed by atoms with Crippen molar-refractivity contribution in [3.05, 3.63) is 24.2 Å². The van der Waals surface area contributed by atoms with Gasteiger partial charge in [0.05, 0.1) is 12.5 Å². The van der Waals surface area contributed by atoms with Gasteiger partial charge in [-0.05, 0) is 37.3 Å². The number of carboxylic acid groups (broad SMARTS) is 1. The molecule has 1 aromatic heterocycles. The van der Waals surface area contributed by atoms with Gasteiger partial charge in [0.25, 0.3) is 0 Å². The van der Waals surface area contributed by atoms with Gasteiger partial charge < -0.3 is 14.4 Å². The number of aliphatic carboxylic acids is 1. The van der Waals surface area contributed by atoms with Crippen LogP contribution in [0.3, 0.4) is 0 Å². The molecule has 0 saturated carbocycles. The van der Waals surface area contributed by atoms with Gasteiger partial charge >= 0.3 is 5.97 Å². The zero-order valence-electron chi connectivity index (χ0n) is 10.2. The molecule has 1 amide bonds.